The highest BCUT2D eigenvalue weighted by molar-refractivity contribution is 7.89. The van der Waals surface area contributed by atoms with Crippen LogP contribution in [-0.2, 0) is 21.2 Å². The van der Waals surface area contributed by atoms with E-state index in [2.05, 4.69) is 10.0 Å². The molecule has 1 atom stereocenters. The second-order valence-electron chi connectivity index (χ2n) is 6.49. The van der Waals surface area contributed by atoms with Gasteiger partial charge < -0.3 is 19.5 Å². The summed E-state index contributed by atoms with van der Waals surface area (Å²) in [5, 5.41) is 2.78. The summed E-state index contributed by atoms with van der Waals surface area (Å²) < 4.78 is 43.1. The zero-order valence-corrected chi connectivity index (χ0v) is 18.4. The lowest BCUT2D eigenvalue weighted by Crippen LogP contribution is -2.46. The first-order valence-corrected chi connectivity index (χ1v) is 11.0. The van der Waals surface area contributed by atoms with Crippen LogP contribution >= 0.6 is 0 Å². The van der Waals surface area contributed by atoms with E-state index < -0.39 is 16.1 Å². The van der Waals surface area contributed by atoms with Crippen molar-refractivity contribution in [1.29, 1.82) is 0 Å². The predicted octanol–water partition coefficient (Wildman–Crippen LogP) is 2.13. The number of ether oxygens (including phenoxy) is 3. The minimum absolute atomic E-state index is 0.0693. The number of nitrogens with one attached hydrogen (secondary N) is 2. The smallest absolute Gasteiger partial charge is 0.241 e. The minimum atomic E-state index is -3.83. The Morgan fingerprint density at radius 2 is 1.63 bits per heavy atom. The highest BCUT2D eigenvalue weighted by Crippen LogP contribution is 2.27. The molecule has 0 aromatic heterocycles. The van der Waals surface area contributed by atoms with Gasteiger partial charge in [0.2, 0.25) is 15.9 Å². The van der Waals surface area contributed by atoms with Crippen LogP contribution in [-0.4, -0.2) is 48.2 Å². The highest BCUT2D eigenvalue weighted by atomic mass is 32.2. The fraction of sp³-hybridized carbons (Fsp3) is 0.381. The molecule has 2 aromatic rings. The number of benzene rings is 2. The summed E-state index contributed by atoms with van der Waals surface area (Å²) in [5.41, 5.74) is 0.958. The quantitative estimate of drug-likeness (QED) is 0.559. The molecule has 0 aliphatic carbocycles. The number of hydrogen-bond donors (Lipinski definition) is 2. The Hall–Kier alpha value is -2.78. The number of hydrogen-bond acceptors (Lipinski definition) is 6. The van der Waals surface area contributed by atoms with Gasteiger partial charge in [0.15, 0.2) is 11.5 Å². The van der Waals surface area contributed by atoms with E-state index in [4.69, 9.17) is 14.2 Å². The molecule has 9 heteroatoms. The van der Waals surface area contributed by atoms with E-state index in [0.717, 1.165) is 5.56 Å². The summed E-state index contributed by atoms with van der Waals surface area (Å²) in [6.07, 6.45) is 0.880. The van der Waals surface area contributed by atoms with Gasteiger partial charge in [-0.25, -0.2) is 8.42 Å². The SMILES string of the molecule is CCC(NS(=O)(=O)c1ccc(OC)cc1)C(=O)NCCc1ccc(OC)c(OC)c1. The third-order valence-corrected chi connectivity index (χ3v) is 6.04. The number of carbonyl (C=O) groups excluding carboxylic acids is 1. The monoisotopic (exact) mass is 436 g/mol. The third kappa shape index (κ3) is 6.11. The number of methoxy groups -OCH3 is 3. The van der Waals surface area contributed by atoms with Crippen molar-refractivity contribution in [2.45, 2.75) is 30.7 Å². The number of rotatable bonds is 11. The normalized spacial score (nSPS) is 12.1. The average molecular weight is 437 g/mol. The zero-order chi connectivity index (χ0) is 22.1. The van der Waals surface area contributed by atoms with Gasteiger partial charge in [0.1, 0.15) is 11.8 Å². The Labute approximate surface area is 177 Å². The van der Waals surface area contributed by atoms with E-state index in [1.54, 1.807) is 39.3 Å². The second kappa shape index (κ2) is 10.8. The van der Waals surface area contributed by atoms with Crippen LogP contribution < -0.4 is 24.2 Å². The van der Waals surface area contributed by atoms with Crippen LogP contribution in [0.3, 0.4) is 0 Å². The van der Waals surface area contributed by atoms with Crippen molar-refractivity contribution in [2.75, 3.05) is 27.9 Å². The Bertz CT molecular complexity index is 944. The second-order valence-corrected chi connectivity index (χ2v) is 8.20. The molecule has 0 saturated heterocycles. The molecule has 0 saturated carbocycles. The van der Waals surface area contributed by atoms with Crippen LogP contribution in [0.1, 0.15) is 18.9 Å². The van der Waals surface area contributed by atoms with Crippen LogP contribution in [0.5, 0.6) is 17.2 Å². The molecule has 0 spiro atoms. The van der Waals surface area contributed by atoms with Crippen LogP contribution in [0.4, 0.5) is 0 Å². The topological polar surface area (TPSA) is 103 Å². The Balaban J connectivity index is 1.95. The van der Waals surface area contributed by atoms with E-state index in [9.17, 15) is 13.2 Å². The molecule has 1 unspecified atom stereocenters. The van der Waals surface area contributed by atoms with Crippen molar-refractivity contribution in [1.82, 2.24) is 10.0 Å². The molecule has 0 fully saturated rings. The van der Waals surface area contributed by atoms with Crippen molar-refractivity contribution >= 4 is 15.9 Å². The molecule has 164 valence electrons. The number of sulfonamides is 1. The van der Waals surface area contributed by atoms with E-state index in [1.807, 2.05) is 12.1 Å². The van der Waals surface area contributed by atoms with Crippen LogP contribution in [0.2, 0.25) is 0 Å². The van der Waals surface area contributed by atoms with Gasteiger partial charge in [-0.2, -0.15) is 4.72 Å². The first kappa shape index (κ1) is 23.5. The molecule has 0 bridgehead atoms. The van der Waals surface area contributed by atoms with E-state index in [0.29, 0.717) is 36.6 Å². The lowest BCUT2D eigenvalue weighted by molar-refractivity contribution is -0.122. The van der Waals surface area contributed by atoms with Crippen LogP contribution in [0, 0.1) is 0 Å². The zero-order valence-electron chi connectivity index (χ0n) is 17.6. The van der Waals surface area contributed by atoms with Gasteiger partial charge in [-0.1, -0.05) is 13.0 Å². The molecule has 0 aliphatic heterocycles. The van der Waals surface area contributed by atoms with Gasteiger partial charge >= 0.3 is 0 Å². The van der Waals surface area contributed by atoms with E-state index in [-0.39, 0.29) is 10.8 Å². The first-order valence-electron chi connectivity index (χ1n) is 9.49. The Morgan fingerprint density at radius 3 is 2.20 bits per heavy atom. The van der Waals surface area contributed by atoms with Gasteiger partial charge in [0.05, 0.1) is 26.2 Å². The fourth-order valence-electron chi connectivity index (χ4n) is 2.82. The Morgan fingerprint density at radius 1 is 0.967 bits per heavy atom. The summed E-state index contributed by atoms with van der Waals surface area (Å²) in [4.78, 5) is 12.6. The standard InChI is InChI=1S/C21H28N2O6S/c1-5-18(23-30(25,26)17-9-7-16(27-2)8-10-17)21(24)22-13-12-15-6-11-19(28-3)20(14-15)29-4/h6-11,14,18,23H,5,12-13H2,1-4H3,(H,22,24). The van der Waals surface area contributed by atoms with Crippen molar-refractivity contribution in [3.8, 4) is 17.2 Å². The lowest BCUT2D eigenvalue weighted by Gasteiger charge is -2.17. The van der Waals surface area contributed by atoms with Gasteiger partial charge in [-0.15, -0.1) is 0 Å². The summed E-state index contributed by atoms with van der Waals surface area (Å²) in [6.45, 7) is 2.10. The summed E-state index contributed by atoms with van der Waals surface area (Å²) in [7, 11) is 0.794. The summed E-state index contributed by atoms with van der Waals surface area (Å²) in [6, 6.07) is 10.6. The van der Waals surface area contributed by atoms with Gasteiger partial charge in [0, 0.05) is 6.54 Å². The lowest BCUT2D eigenvalue weighted by atomic mass is 10.1. The molecule has 2 N–H and O–H groups in total. The van der Waals surface area contributed by atoms with Gasteiger partial charge in [-0.3, -0.25) is 4.79 Å². The molecule has 0 radical (unpaired) electrons. The number of amides is 1. The van der Waals surface area contributed by atoms with Crippen molar-refractivity contribution < 1.29 is 27.4 Å². The molecule has 1 amide bonds. The molecule has 8 nitrogen and oxygen atoms in total. The summed E-state index contributed by atoms with van der Waals surface area (Å²) >= 11 is 0. The molecule has 30 heavy (non-hydrogen) atoms. The van der Waals surface area contributed by atoms with E-state index in [1.165, 1.54) is 19.2 Å². The van der Waals surface area contributed by atoms with Crippen molar-refractivity contribution in [3.05, 3.63) is 48.0 Å². The largest absolute Gasteiger partial charge is 0.497 e. The van der Waals surface area contributed by atoms with Crippen molar-refractivity contribution in [2.24, 2.45) is 0 Å². The summed E-state index contributed by atoms with van der Waals surface area (Å²) in [5.74, 6) is 1.41. The van der Waals surface area contributed by atoms with Crippen molar-refractivity contribution in [3.63, 3.8) is 0 Å². The van der Waals surface area contributed by atoms with Gasteiger partial charge in [0.25, 0.3) is 0 Å². The minimum Gasteiger partial charge on any atom is -0.497 e. The fourth-order valence-corrected chi connectivity index (χ4v) is 4.10. The maximum absolute atomic E-state index is 12.6. The maximum Gasteiger partial charge on any atom is 0.241 e. The molecular weight excluding hydrogens is 408 g/mol. The van der Waals surface area contributed by atoms with Gasteiger partial charge in [-0.05, 0) is 54.8 Å². The molecular formula is C21H28N2O6S. The highest BCUT2D eigenvalue weighted by Gasteiger charge is 2.24. The van der Waals surface area contributed by atoms with Crippen LogP contribution in [0.15, 0.2) is 47.4 Å². The first-order chi connectivity index (χ1) is 14.3. The predicted molar refractivity (Wildman–Crippen MR) is 114 cm³/mol. The van der Waals surface area contributed by atoms with E-state index >= 15 is 0 Å². The molecule has 2 rings (SSSR count). The van der Waals surface area contributed by atoms with Crippen LogP contribution in [0.25, 0.3) is 0 Å². The Kier molecular flexibility index (Phi) is 8.49. The third-order valence-electron chi connectivity index (χ3n) is 4.55. The maximum atomic E-state index is 12.6. The molecule has 0 heterocycles. The molecule has 2 aromatic carbocycles. The number of carbonyl (C=O) groups is 1. The average Bonchev–Trinajstić information content (AvgIpc) is 2.77. The molecule has 0 aliphatic rings.